The predicted molar refractivity (Wildman–Crippen MR) is 107 cm³/mol. The molecule has 1 aliphatic carbocycles. The van der Waals surface area contributed by atoms with Gasteiger partial charge >= 0.3 is 0 Å². The first kappa shape index (κ1) is 20.0. The van der Waals surface area contributed by atoms with Crippen molar-refractivity contribution in [3.63, 3.8) is 0 Å². The van der Waals surface area contributed by atoms with Gasteiger partial charge in [-0.1, -0.05) is 6.58 Å². The highest BCUT2D eigenvalue weighted by atomic mass is 16.7. The smallest absolute Gasteiger partial charge is 0.220 e. The average Bonchev–Trinajstić information content (AvgIpc) is 3.20. The van der Waals surface area contributed by atoms with Gasteiger partial charge in [0.2, 0.25) is 17.4 Å². The molecule has 0 bridgehead atoms. The molecule has 4 aliphatic rings. The van der Waals surface area contributed by atoms with Gasteiger partial charge in [-0.3, -0.25) is 9.59 Å². The number of ketones is 2. The van der Waals surface area contributed by atoms with E-state index in [9.17, 15) is 14.7 Å². The third-order valence-electron chi connectivity index (χ3n) is 6.34. The fourth-order valence-electron chi connectivity index (χ4n) is 4.62. The third kappa shape index (κ3) is 2.52. The number of fused-ring (bicyclic) bond motifs is 6. The number of Topliss-reactive ketones (excluding diaryl/α,β-unsaturated/α-hetero) is 1. The zero-order valence-corrected chi connectivity index (χ0v) is 17.4. The number of carbonyl (C=O) groups excluding carboxylic acids is 2. The summed E-state index contributed by atoms with van der Waals surface area (Å²) in [5.41, 5.74) is -0.350. The lowest BCUT2D eigenvalue weighted by molar-refractivity contribution is -0.230. The van der Waals surface area contributed by atoms with Gasteiger partial charge in [-0.15, -0.1) is 0 Å². The van der Waals surface area contributed by atoms with E-state index >= 15 is 0 Å². The van der Waals surface area contributed by atoms with Crippen LogP contribution in [0.3, 0.4) is 0 Å². The van der Waals surface area contributed by atoms with E-state index in [1.165, 1.54) is 20.3 Å². The Bertz CT molecular complexity index is 1100. The second-order valence-electron chi connectivity index (χ2n) is 8.10. The van der Waals surface area contributed by atoms with Crippen LogP contribution in [-0.4, -0.2) is 61.1 Å². The molecule has 0 radical (unpaired) electrons. The molecule has 162 valence electrons. The van der Waals surface area contributed by atoms with Crippen LogP contribution in [-0.2, 0) is 25.4 Å². The molecular formula is C23H22O8. The molecular weight excluding hydrogens is 404 g/mol. The Balaban J connectivity index is 1.63. The molecule has 3 aliphatic heterocycles. The van der Waals surface area contributed by atoms with E-state index in [2.05, 4.69) is 6.58 Å². The molecule has 1 fully saturated rings. The summed E-state index contributed by atoms with van der Waals surface area (Å²) >= 11 is 0. The van der Waals surface area contributed by atoms with E-state index in [4.69, 9.17) is 23.7 Å². The highest BCUT2D eigenvalue weighted by molar-refractivity contribution is 6.12. The molecule has 1 aromatic rings. The van der Waals surface area contributed by atoms with Crippen molar-refractivity contribution in [3.05, 3.63) is 58.9 Å². The minimum absolute atomic E-state index is 0.00182. The lowest BCUT2D eigenvalue weighted by Gasteiger charge is -2.50. The molecule has 1 aromatic carbocycles. The molecule has 4 atom stereocenters. The summed E-state index contributed by atoms with van der Waals surface area (Å²) < 4.78 is 28.6. The van der Waals surface area contributed by atoms with Crippen LogP contribution in [0.5, 0.6) is 11.5 Å². The van der Waals surface area contributed by atoms with E-state index in [1.807, 2.05) is 6.92 Å². The van der Waals surface area contributed by atoms with E-state index < -0.39 is 29.1 Å². The van der Waals surface area contributed by atoms with E-state index in [1.54, 1.807) is 12.1 Å². The topological polar surface area (TPSA) is 101 Å². The van der Waals surface area contributed by atoms with E-state index in [-0.39, 0.29) is 29.6 Å². The zero-order valence-electron chi connectivity index (χ0n) is 17.4. The fraction of sp³-hybridized carbons (Fsp3) is 0.391. The quantitative estimate of drug-likeness (QED) is 0.729. The van der Waals surface area contributed by atoms with Crippen LogP contribution in [0.1, 0.15) is 22.8 Å². The Morgan fingerprint density at radius 1 is 1.26 bits per heavy atom. The number of methoxy groups -OCH3 is 2. The van der Waals surface area contributed by atoms with Gasteiger partial charge in [0.15, 0.2) is 17.5 Å². The molecule has 1 N–H and O–H groups in total. The van der Waals surface area contributed by atoms with Gasteiger partial charge in [0.1, 0.15) is 17.6 Å². The fourth-order valence-corrected chi connectivity index (χ4v) is 4.62. The number of benzene rings is 1. The summed E-state index contributed by atoms with van der Waals surface area (Å²) in [5, 5.41) is 11.7. The normalized spacial score (nSPS) is 33.0. The first-order chi connectivity index (χ1) is 14.7. The molecule has 5 rings (SSSR count). The second kappa shape index (κ2) is 6.53. The molecule has 3 heterocycles. The lowest BCUT2D eigenvalue weighted by Crippen LogP contribution is -2.67. The summed E-state index contributed by atoms with van der Waals surface area (Å²) in [6.07, 6.45) is 1.70. The van der Waals surface area contributed by atoms with Crippen molar-refractivity contribution in [2.45, 2.75) is 36.9 Å². The van der Waals surface area contributed by atoms with Crippen LogP contribution in [0, 0.1) is 0 Å². The Hall–Kier alpha value is -2.94. The molecule has 0 saturated carbocycles. The number of hydrogen-bond donors (Lipinski definition) is 1. The Labute approximate surface area is 178 Å². The maximum absolute atomic E-state index is 13.7. The first-order valence-electron chi connectivity index (χ1n) is 9.90. The molecule has 0 spiro atoms. The van der Waals surface area contributed by atoms with Crippen LogP contribution in [0.4, 0.5) is 0 Å². The highest BCUT2D eigenvalue weighted by Crippen LogP contribution is 2.51. The molecule has 0 aromatic heterocycles. The molecule has 1 saturated heterocycles. The second-order valence-corrected chi connectivity index (χ2v) is 8.10. The van der Waals surface area contributed by atoms with Crippen LogP contribution in [0.2, 0.25) is 0 Å². The minimum Gasteiger partial charge on any atom is -0.493 e. The predicted octanol–water partition coefficient (Wildman–Crippen LogP) is 1.65. The first-order valence-corrected chi connectivity index (χ1v) is 9.90. The average molecular weight is 426 g/mol. The largest absolute Gasteiger partial charge is 0.493 e. The summed E-state index contributed by atoms with van der Waals surface area (Å²) in [6, 6.07) is 3.26. The number of aliphatic hydroxyl groups is 1. The van der Waals surface area contributed by atoms with Crippen molar-refractivity contribution in [2.75, 3.05) is 20.8 Å². The molecule has 8 heteroatoms. The number of allylic oxidation sites excluding steroid dienone is 1. The van der Waals surface area contributed by atoms with Crippen LogP contribution >= 0.6 is 0 Å². The standard InChI is InChI=1S/C23H22O8/c1-11(2)16-7-13-15(30-16)6-5-12-20(13)31-19-10-29-22(28-4)9-17(27-3)14(24)8-18(22)23(19,26)21(12)25/h5-6,8-9,16,19,26H,1,7,10H2,2-4H3/t16-,19+,22-,23+/m0/s1. The van der Waals surface area contributed by atoms with Gasteiger partial charge in [0, 0.05) is 30.7 Å². The molecule has 0 amide bonds. The maximum atomic E-state index is 13.7. The van der Waals surface area contributed by atoms with Gasteiger partial charge in [-0.05, 0) is 30.7 Å². The third-order valence-corrected chi connectivity index (χ3v) is 6.34. The summed E-state index contributed by atoms with van der Waals surface area (Å²) in [7, 11) is 2.71. The number of ether oxygens (including phenoxy) is 5. The highest BCUT2D eigenvalue weighted by Gasteiger charge is 2.64. The maximum Gasteiger partial charge on any atom is 0.220 e. The van der Waals surface area contributed by atoms with Crippen molar-refractivity contribution >= 4 is 11.6 Å². The Morgan fingerprint density at radius 2 is 2.03 bits per heavy atom. The van der Waals surface area contributed by atoms with Crippen molar-refractivity contribution in [3.8, 4) is 11.5 Å². The summed E-state index contributed by atoms with van der Waals surface area (Å²) in [5.74, 6) is -1.73. The van der Waals surface area contributed by atoms with E-state index in [0.717, 1.165) is 17.2 Å². The monoisotopic (exact) mass is 426 g/mol. The number of rotatable bonds is 3. The Kier molecular flexibility index (Phi) is 4.21. The van der Waals surface area contributed by atoms with Crippen LogP contribution < -0.4 is 9.47 Å². The minimum atomic E-state index is -2.14. The number of hydrogen-bond acceptors (Lipinski definition) is 8. The van der Waals surface area contributed by atoms with Crippen LogP contribution in [0.25, 0.3) is 0 Å². The molecule has 0 unspecified atom stereocenters. The summed E-state index contributed by atoms with van der Waals surface area (Å²) in [6.45, 7) is 5.67. The Morgan fingerprint density at radius 3 is 2.71 bits per heavy atom. The van der Waals surface area contributed by atoms with Gasteiger partial charge in [0.25, 0.3) is 0 Å². The van der Waals surface area contributed by atoms with Gasteiger partial charge < -0.3 is 28.8 Å². The summed E-state index contributed by atoms with van der Waals surface area (Å²) in [4.78, 5) is 26.1. The zero-order chi connectivity index (χ0) is 22.1. The van der Waals surface area contributed by atoms with Crippen molar-refractivity contribution in [1.29, 1.82) is 0 Å². The van der Waals surface area contributed by atoms with Gasteiger partial charge in [-0.2, -0.15) is 0 Å². The van der Waals surface area contributed by atoms with E-state index in [0.29, 0.717) is 17.9 Å². The number of carbonyl (C=O) groups is 2. The van der Waals surface area contributed by atoms with Crippen molar-refractivity contribution < 1.29 is 38.4 Å². The van der Waals surface area contributed by atoms with Gasteiger partial charge in [-0.25, -0.2) is 0 Å². The molecule has 31 heavy (non-hydrogen) atoms. The van der Waals surface area contributed by atoms with Crippen LogP contribution in [0.15, 0.2) is 47.8 Å². The van der Waals surface area contributed by atoms with Crippen molar-refractivity contribution in [1.82, 2.24) is 0 Å². The lowest BCUT2D eigenvalue weighted by atomic mass is 9.71. The van der Waals surface area contributed by atoms with Crippen molar-refractivity contribution in [2.24, 2.45) is 0 Å². The molecule has 8 nitrogen and oxygen atoms in total. The SMILES string of the molecule is C=C(C)[C@@H]1Cc2c(ccc3c2O[C@@H]2CO[C@@]4(OC)C=C(OC)C(=O)C=C4[C@]2(O)C3=O)O1. The van der Waals surface area contributed by atoms with Gasteiger partial charge in [0.05, 0.1) is 19.3 Å².